The SMILES string of the molecule is CCSCCC(=O)NC[C@@H]1CCCN(Cc2ccccc2)C1. The fourth-order valence-electron chi connectivity index (χ4n) is 2.96. The average Bonchev–Trinajstić information content (AvgIpc) is 2.55. The van der Waals surface area contributed by atoms with Crippen molar-refractivity contribution in [2.75, 3.05) is 31.1 Å². The van der Waals surface area contributed by atoms with E-state index in [1.54, 1.807) is 0 Å². The van der Waals surface area contributed by atoms with E-state index in [1.165, 1.54) is 24.9 Å². The Labute approximate surface area is 138 Å². The predicted octanol–water partition coefficient (Wildman–Crippen LogP) is 3.16. The summed E-state index contributed by atoms with van der Waals surface area (Å²) in [6, 6.07) is 10.7. The standard InChI is InChI=1S/C18H28N2OS/c1-2-22-12-10-18(21)19-13-17-9-6-11-20(15-17)14-16-7-4-3-5-8-16/h3-5,7-8,17H,2,6,9-15H2,1H3,(H,19,21)/t17-/m0/s1. The monoisotopic (exact) mass is 320 g/mol. The lowest BCUT2D eigenvalue weighted by molar-refractivity contribution is -0.120. The highest BCUT2D eigenvalue weighted by Gasteiger charge is 2.20. The minimum Gasteiger partial charge on any atom is -0.356 e. The lowest BCUT2D eigenvalue weighted by Gasteiger charge is -2.32. The van der Waals surface area contributed by atoms with Crippen LogP contribution in [0, 0.1) is 5.92 Å². The molecule has 22 heavy (non-hydrogen) atoms. The largest absolute Gasteiger partial charge is 0.356 e. The molecule has 1 N–H and O–H groups in total. The maximum atomic E-state index is 11.8. The first-order valence-electron chi connectivity index (χ1n) is 8.38. The van der Waals surface area contributed by atoms with Crippen molar-refractivity contribution in [1.29, 1.82) is 0 Å². The number of hydrogen-bond acceptors (Lipinski definition) is 3. The van der Waals surface area contributed by atoms with Gasteiger partial charge >= 0.3 is 0 Å². The third-order valence-corrected chi connectivity index (χ3v) is 5.02. The number of rotatable bonds is 8. The maximum absolute atomic E-state index is 11.8. The van der Waals surface area contributed by atoms with E-state index in [4.69, 9.17) is 0 Å². The van der Waals surface area contributed by atoms with Crippen LogP contribution in [0.4, 0.5) is 0 Å². The lowest BCUT2D eigenvalue weighted by Crippen LogP contribution is -2.40. The van der Waals surface area contributed by atoms with Crippen LogP contribution in [-0.2, 0) is 11.3 Å². The van der Waals surface area contributed by atoms with Crippen LogP contribution >= 0.6 is 11.8 Å². The van der Waals surface area contributed by atoms with Gasteiger partial charge in [0, 0.05) is 31.8 Å². The van der Waals surface area contributed by atoms with Crippen molar-refractivity contribution in [2.45, 2.75) is 32.7 Å². The third kappa shape index (κ3) is 6.41. The molecule has 0 spiro atoms. The van der Waals surface area contributed by atoms with Crippen LogP contribution in [0.15, 0.2) is 30.3 Å². The Morgan fingerprint density at radius 3 is 2.95 bits per heavy atom. The van der Waals surface area contributed by atoms with E-state index in [2.05, 4.69) is 47.5 Å². The molecule has 1 amide bonds. The minimum atomic E-state index is 0.209. The van der Waals surface area contributed by atoms with Gasteiger partial charge in [0.2, 0.25) is 5.91 Å². The summed E-state index contributed by atoms with van der Waals surface area (Å²) < 4.78 is 0. The predicted molar refractivity (Wildman–Crippen MR) is 95.1 cm³/mol. The molecule has 2 rings (SSSR count). The molecule has 0 aromatic heterocycles. The van der Waals surface area contributed by atoms with Gasteiger partial charge in [0.05, 0.1) is 0 Å². The number of carbonyl (C=O) groups excluding carboxylic acids is 1. The lowest BCUT2D eigenvalue weighted by atomic mass is 9.97. The summed E-state index contributed by atoms with van der Waals surface area (Å²) in [6.45, 7) is 6.26. The second-order valence-electron chi connectivity index (χ2n) is 5.98. The van der Waals surface area contributed by atoms with Crippen LogP contribution in [0.3, 0.4) is 0 Å². The van der Waals surface area contributed by atoms with Crippen LogP contribution in [0.5, 0.6) is 0 Å². The Morgan fingerprint density at radius 1 is 1.36 bits per heavy atom. The molecule has 122 valence electrons. The van der Waals surface area contributed by atoms with Gasteiger partial charge in [0.25, 0.3) is 0 Å². The second kappa shape index (κ2) is 9.90. The highest BCUT2D eigenvalue weighted by atomic mass is 32.2. The highest BCUT2D eigenvalue weighted by molar-refractivity contribution is 7.99. The number of carbonyl (C=O) groups is 1. The summed E-state index contributed by atoms with van der Waals surface area (Å²) >= 11 is 1.83. The fraction of sp³-hybridized carbons (Fsp3) is 0.611. The van der Waals surface area contributed by atoms with Crippen molar-refractivity contribution < 1.29 is 4.79 Å². The van der Waals surface area contributed by atoms with Gasteiger partial charge in [-0.3, -0.25) is 9.69 Å². The van der Waals surface area contributed by atoms with E-state index >= 15 is 0 Å². The number of likely N-dealkylation sites (tertiary alicyclic amines) is 1. The van der Waals surface area contributed by atoms with Crippen LogP contribution in [0.25, 0.3) is 0 Å². The first-order chi connectivity index (χ1) is 10.8. The summed E-state index contributed by atoms with van der Waals surface area (Å²) in [7, 11) is 0. The first kappa shape index (κ1) is 17.4. The summed E-state index contributed by atoms with van der Waals surface area (Å²) in [4.78, 5) is 14.3. The molecule has 0 bridgehead atoms. The second-order valence-corrected chi connectivity index (χ2v) is 7.37. The van der Waals surface area contributed by atoms with Crippen molar-refractivity contribution in [1.82, 2.24) is 10.2 Å². The first-order valence-corrected chi connectivity index (χ1v) is 9.54. The molecule has 1 fully saturated rings. The van der Waals surface area contributed by atoms with E-state index in [9.17, 15) is 4.79 Å². The van der Waals surface area contributed by atoms with Crippen LogP contribution in [-0.4, -0.2) is 41.9 Å². The van der Waals surface area contributed by atoms with Gasteiger partial charge in [0.1, 0.15) is 0 Å². The molecule has 0 unspecified atom stereocenters. The Bertz CT molecular complexity index is 438. The molecule has 0 aliphatic carbocycles. The Balaban J connectivity index is 1.68. The molecule has 1 heterocycles. The van der Waals surface area contributed by atoms with Gasteiger partial charge in [-0.05, 0) is 36.6 Å². The molecule has 0 radical (unpaired) electrons. The van der Waals surface area contributed by atoms with E-state index in [1.807, 2.05) is 11.8 Å². The molecule has 3 nitrogen and oxygen atoms in total. The molecular weight excluding hydrogens is 292 g/mol. The Morgan fingerprint density at radius 2 is 2.18 bits per heavy atom. The van der Waals surface area contributed by atoms with Gasteiger partial charge in [-0.2, -0.15) is 11.8 Å². The summed E-state index contributed by atoms with van der Waals surface area (Å²) in [5, 5.41) is 3.12. The molecule has 1 saturated heterocycles. The third-order valence-electron chi connectivity index (χ3n) is 4.12. The maximum Gasteiger partial charge on any atom is 0.220 e. The van der Waals surface area contributed by atoms with Crippen molar-refractivity contribution in [3.05, 3.63) is 35.9 Å². The number of hydrogen-bond donors (Lipinski definition) is 1. The molecule has 1 aromatic rings. The van der Waals surface area contributed by atoms with E-state index < -0.39 is 0 Å². The number of amides is 1. The zero-order chi connectivity index (χ0) is 15.6. The zero-order valence-corrected chi connectivity index (χ0v) is 14.4. The number of nitrogens with zero attached hydrogens (tertiary/aromatic N) is 1. The Kier molecular flexibility index (Phi) is 7.81. The topological polar surface area (TPSA) is 32.3 Å². The molecule has 4 heteroatoms. The molecule has 1 aromatic carbocycles. The van der Waals surface area contributed by atoms with E-state index in [-0.39, 0.29) is 5.91 Å². The molecule has 1 aliphatic rings. The smallest absolute Gasteiger partial charge is 0.220 e. The van der Waals surface area contributed by atoms with Crippen LogP contribution in [0.2, 0.25) is 0 Å². The Hall–Kier alpha value is -1.00. The van der Waals surface area contributed by atoms with Crippen LogP contribution in [0.1, 0.15) is 31.7 Å². The van der Waals surface area contributed by atoms with Crippen molar-refractivity contribution in [3.8, 4) is 0 Å². The van der Waals surface area contributed by atoms with Crippen molar-refractivity contribution in [3.63, 3.8) is 0 Å². The molecule has 1 atom stereocenters. The van der Waals surface area contributed by atoms with Gasteiger partial charge in [0.15, 0.2) is 0 Å². The van der Waals surface area contributed by atoms with Crippen molar-refractivity contribution >= 4 is 17.7 Å². The summed E-state index contributed by atoms with van der Waals surface area (Å²) in [5.41, 5.74) is 1.38. The summed E-state index contributed by atoms with van der Waals surface area (Å²) in [5.74, 6) is 2.83. The summed E-state index contributed by atoms with van der Waals surface area (Å²) in [6.07, 6.45) is 3.12. The quantitative estimate of drug-likeness (QED) is 0.747. The zero-order valence-electron chi connectivity index (χ0n) is 13.6. The van der Waals surface area contributed by atoms with Crippen molar-refractivity contribution in [2.24, 2.45) is 5.92 Å². The normalized spacial score (nSPS) is 19.0. The molecular formula is C18H28N2OS. The minimum absolute atomic E-state index is 0.209. The molecule has 0 saturated carbocycles. The van der Waals surface area contributed by atoms with Gasteiger partial charge in [-0.15, -0.1) is 0 Å². The number of benzene rings is 1. The number of nitrogens with one attached hydrogen (secondary N) is 1. The van der Waals surface area contributed by atoms with Crippen LogP contribution < -0.4 is 5.32 Å². The van der Waals surface area contributed by atoms with Gasteiger partial charge in [-0.25, -0.2) is 0 Å². The fourth-order valence-corrected chi connectivity index (χ4v) is 3.58. The highest BCUT2D eigenvalue weighted by Crippen LogP contribution is 2.18. The number of thioether (sulfide) groups is 1. The van der Waals surface area contributed by atoms with Gasteiger partial charge < -0.3 is 5.32 Å². The number of piperidine rings is 1. The van der Waals surface area contributed by atoms with Gasteiger partial charge in [-0.1, -0.05) is 37.3 Å². The molecule has 1 aliphatic heterocycles. The average molecular weight is 321 g/mol. The van der Waals surface area contributed by atoms with E-state index in [0.29, 0.717) is 12.3 Å². The van der Waals surface area contributed by atoms with E-state index in [0.717, 1.165) is 31.1 Å².